The Hall–Kier alpha value is -3.02. The summed E-state index contributed by atoms with van der Waals surface area (Å²) >= 11 is 0. The smallest absolute Gasteiger partial charge is 0.331 e. The van der Waals surface area contributed by atoms with Gasteiger partial charge in [0.1, 0.15) is 18.2 Å². The van der Waals surface area contributed by atoms with Crippen LogP contribution in [0.5, 0.6) is 17.2 Å². The maximum Gasteiger partial charge on any atom is 0.331 e. The van der Waals surface area contributed by atoms with Gasteiger partial charge in [0.15, 0.2) is 11.5 Å². The lowest BCUT2D eigenvalue weighted by Crippen LogP contribution is -2.01. The molecule has 0 saturated heterocycles. The summed E-state index contributed by atoms with van der Waals surface area (Å²) in [7, 11) is 4.56. The summed E-state index contributed by atoms with van der Waals surface area (Å²) in [4.78, 5) is 11.9. The molecule has 0 aromatic heterocycles. The highest BCUT2D eigenvalue weighted by Crippen LogP contribution is 2.35. The lowest BCUT2D eigenvalue weighted by Gasteiger charge is -2.12. The maximum atomic E-state index is 13.1. The summed E-state index contributed by atoms with van der Waals surface area (Å²) in [6, 6.07) is 9.23. The SMILES string of the molecule is COc1cc(OC)c(OC)cc1/C=C/C(=O)OCc1cccc(F)c1. The molecule has 132 valence electrons. The Labute approximate surface area is 145 Å². The topological polar surface area (TPSA) is 54.0 Å². The number of methoxy groups -OCH3 is 3. The van der Waals surface area contributed by atoms with Crippen molar-refractivity contribution in [2.24, 2.45) is 0 Å². The summed E-state index contributed by atoms with van der Waals surface area (Å²) < 4.78 is 33.9. The summed E-state index contributed by atoms with van der Waals surface area (Å²) in [5.41, 5.74) is 1.20. The minimum Gasteiger partial charge on any atom is -0.496 e. The van der Waals surface area contributed by atoms with Gasteiger partial charge >= 0.3 is 5.97 Å². The Morgan fingerprint density at radius 1 is 1.00 bits per heavy atom. The first-order chi connectivity index (χ1) is 12.1. The van der Waals surface area contributed by atoms with E-state index in [-0.39, 0.29) is 12.4 Å². The lowest BCUT2D eigenvalue weighted by molar-refractivity contribution is -0.138. The first kappa shape index (κ1) is 18.3. The Kier molecular flexibility index (Phi) is 6.39. The van der Waals surface area contributed by atoms with Crippen molar-refractivity contribution >= 4 is 12.0 Å². The van der Waals surface area contributed by atoms with E-state index in [9.17, 15) is 9.18 Å². The van der Waals surface area contributed by atoms with E-state index in [1.54, 1.807) is 30.3 Å². The van der Waals surface area contributed by atoms with Crippen LogP contribution < -0.4 is 14.2 Å². The molecule has 0 amide bonds. The van der Waals surface area contributed by atoms with Crippen LogP contribution in [0, 0.1) is 5.82 Å². The highest BCUT2D eigenvalue weighted by molar-refractivity contribution is 5.87. The van der Waals surface area contributed by atoms with Crippen LogP contribution in [-0.2, 0) is 16.1 Å². The Morgan fingerprint density at radius 3 is 2.32 bits per heavy atom. The molecule has 0 bridgehead atoms. The molecular weight excluding hydrogens is 327 g/mol. The van der Waals surface area contributed by atoms with Crippen molar-refractivity contribution in [1.82, 2.24) is 0 Å². The first-order valence-electron chi connectivity index (χ1n) is 7.46. The molecule has 0 radical (unpaired) electrons. The molecule has 5 nitrogen and oxygen atoms in total. The molecule has 2 aromatic rings. The van der Waals surface area contributed by atoms with E-state index in [0.29, 0.717) is 28.4 Å². The standard InChI is InChI=1S/C19H19FO5/c1-22-16-11-18(24-3)17(23-2)10-14(16)7-8-19(21)25-12-13-5-4-6-15(20)9-13/h4-11H,12H2,1-3H3/b8-7+. The van der Waals surface area contributed by atoms with E-state index in [1.807, 2.05) is 0 Å². The van der Waals surface area contributed by atoms with Crippen molar-refractivity contribution in [3.63, 3.8) is 0 Å². The van der Waals surface area contributed by atoms with Crippen molar-refractivity contribution in [2.75, 3.05) is 21.3 Å². The van der Waals surface area contributed by atoms with Gasteiger partial charge in [-0.25, -0.2) is 9.18 Å². The minimum absolute atomic E-state index is 0.00992. The molecule has 0 atom stereocenters. The zero-order valence-corrected chi connectivity index (χ0v) is 14.2. The third-order valence-electron chi connectivity index (χ3n) is 3.40. The Balaban J connectivity index is 2.08. The van der Waals surface area contributed by atoms with E-state index >= 15 is 0 Å². The highest BCUT2D eigenvalue weighted by atomic mass is 19.1. The molecular formula is C19H19FO5. The molecule has 0 spiro atoms. The molecule has 0 aliphatic heterocycles. The van der Waals surface area contributed by atoms with E-state index in [2.05, 4.69) is 0 Å². The van der Waals surface area contributed by atoms with Crippen LogP contribution in [0.1, 0.15) is 11.1 Å². The average molecular weight is 346 g/mol. The van der Waals surface area contributed by atoms with Gasteiger partial charge in [0.25, 0.3) is 0 Å². The molecule has 0 unspecified atom stereocenters. The van der Waals surface area contributed by atoms with Crippen LogP contribution in [0.2, 0.25) is 0 Å². The molecule has 6 heteroatoms. The van der Waals surface area contributed by atoms with Crippen molar-refractivity contribution in [3.05, 3.63) is 59.4 Å². The number of carbonyl (C=O) groups is 1. The fourth-order valence-corrected chi connectivity index (χ4v) is 2.17. The predicted octanol–water partition coefficient (Wildman–Crippen LogP) is 3.61. The second-order valence-corrected chi connectivity index (χ2v) is 5.02. The number of rotatable bonds is 7. The molecule has 25 heavy (non-hydrogen) atoms. The fourth-order valence-electron chi connectivity index (χ4n) is 2.17. The monoisotopic (exact) mass is 346 g/mol. The van der Waals surface area contributed by atoms with Crippen LogP contribution in [0.15, 0.2) is 42.5 Å². The van der Waals surface area contributed by atoms with Gasteiger partial charge < -0.3 is 18.9 Å². The van der Waals surface area contributed by atoms with Gasteiger partial charge in [-0.1, -0.05) is 12.1 Å². The number of esters is 1. The molecule has 2 aromatic carbocycles. The van der Waals surface area contributed by atoms with Crippen molar-refractivity contribution in [3.8, 4) is 17.2 Å². The summed E-state index contributed by atoms with van der Waals surface area (Å²) in [6.45, 7) is -0.00992. The summed E-state index contributed by atoms with van der Waals surface area (Å²) in [6.07, 6.45) is 2.82. The second-order valence-electron chi connectivity index (χ2n) is 5.02. The number of benzene rings is 2. The first-order valence-corrected chi connectivity index (χ1v) is 7.46. The van der Waals surface area contributed by atoms with E-state index in [1.165, 1.54) is 39.5 Å². The number of ether oxygens (including phenoxy) is 4. The molecule has 0 aliphatic carbocycles. The number of hydrogen-bond donors (Lipinski definition) is 0. The predicted molar refractivity (Wildman–Crippen MR) is 91.3 cm³/mol. The Morgan fingerprint density at radius 2 is 1.68 bits per heavy atom. The number of hydrogen-bond acceptors (Lipinski definition) is 5. The lowest BCUT2D eigenvalue weighted by atomic mass is 10.1. The van der Waals surface area contributed by atoms with E-state index < -0.39 is 5.97 Å². The van der Waals surface area contributed by atoms with Crippen molar-refractivity contribution < 1.29 is 28.1 Å². The van der Waals surface area contributed by atoms with Crippen molar-refractivity contribution in [1.29, 1.82) is 0 Å². The molecule has 0 saturated carbocycles. The largest absolute Gasteiger partial charge is 0.496 e. The van der Waals surface area contributed by atoms with Crippen molar-refractivity contribution in [2.45, 2.75) is 6.61 Å². The Bertz CT molecular complexity index is 770. The third-order valence-corrected chi connectivity index (χ3v) is 3.40. The molecule has 0 aliphatic rings. The van der Waals surface area contributed by atoms with E-state index in [4.69, 9.17) is 18.9 Å². The molecule has 2 rings (SSSR count). The van der Waals surface area contributed by atoms with Gasteiger partial charge in [-0.05, 0) is 29.8 Å². The van der Waals surface area contributed by atoms with Gasteiger partial charge in [-0.15, -0.1) is 0 Å². The summed E-state index contributed by atoms with van der Waals surface area (Å²) in [5, 5.41) is 0. The zero-order chi connectivity index (χ0) is 18.2. The fraction of sp³-hybridized carbons (Fsp3) is 0.211. The quantitative estimate of drug-likeness (QED) is 0.566. The highest BCUT2D eigenvalue weighted by Gasteiger charge is 2.10. The molecule has 0 N–H and O–H groups in total. The van der Waals surface area contributed by atoms with Gasteiger partial charge in [-0.3, -0.25) is 0 Å². The van der Waals surface area contributed by atoms with Gasteiger partial charge in [-0.2, -0.15) is 0 Å². The molecule has 0 fully saturated rings. The van der Waals surface area contributed by atoms with Gasteiger partial charge in [0.2, 0.25) is 0 Å². The van der Waals surface area contributed by atoms with E-state index in [0.717, 1.165) is 0 Å². The van der Waals surface area contributed by atoms with Crippen LogP contribution in [-0.4, -0.2) is 27.3 Å². The van der Waals surface area contributed by atoms with Crippen LogP contribution in [0.3, 0.4) is 0 Å². The average Bonchev–Trinajstić information content (AvgIpc) is 2.63. The number of carbonyl (C=O) groups excluding carboxylic acids is 1. The second kappa shape index (κ2) is 8.73. The summed E-state index contributed by atoms with van der Waals surface area (Å²) in [5.74, 6) is 0.619. The van der Waals surface area contributed by atoms with Crippen LogP contribution in [0.4, 0.5) is 4.39 Å². The van der Waals surface area contributed by atoms with Crippen LogP contribution >= 0.6 is 0 Å². The minimum atomic E-state index is -0.555. The molecule has 0 heterocycles. The van der Waals surface area contributed by atoms with Gasteiger partial charge in [0.05, 0.1) is 21.3 Å². The van der Waals surface area contributed by atoms with Crippen LogP contribution in [0.25, 0.3) is 6.08 Å². The normalized spacial score (nSPS) is 10.6. The third kappa shape index (κ3) is 4.97. The maximum absolute atomic E-state index is 13.1. The number of halogens is 1. The van der Waals surface area contributed by atoms with Gasteiger partial charge in [0, 0.05) is 17.7 Å². The zero-order valence-electron chi connectivity index (χ0n) is 14.2.